The van der Waals surface area contributed by atoms with Crippen molar-refractivity contribution in [2.24, 2.45) is 0 Å². The predicted octanol–water partition coefficient (Wildman–Crippen LogP) is 3.19. The maximum Gasteiger partial charge on any atom is 0.317 e. The van der Waals surface area contributed by atoms with Crippen LogP contribution in [0.5, 0.6) is 0 Å². The molecule has 0 bridgehead atoms. The van der Waals surface area contributed by atoms with Gasteiger partial charge in [-0.25, -0.2) is 0 Å². The zero-order chi connectivity index (χ0) is 14.5. The molecule has 0 aliphatic rings. The maximum atomic E-state index is 11.0. The third-order valence-corrected chi connectivity index (χ3v) is 3.94. The van der Waals surface area contributed by atoms with Crippen LogP contribution in [0.3, 0.4) is 0 Å². The van der Waals surface area contributed by atoms with Crippen LogP contribution >= 0.6 is 22.9 Å². The molecule has 6 heteroatoms. The molecule has 2 aromatic heterocycles. The first-order chi connectivity index (χ1) is 9.52. The second-order valence-corrected chi connectivity index (χ2v) is 6.37. The van der Waals surface area contributed by atoms with Crippen molar-refractivity contribution in [1.29, 1.82) is 0 Å². The quantitative estimate of drug-likeness (QED) is 0.890. The summed E-state index contributed by atoms with van der Waals surface area (Å²) in [7, 11) is 0. The number of thiophene rings is 1. The van der Waals surface area contributed by atoms with Crippen molar-refractivity contribution >= 4 is 28.9 Å². The number of carboxylic acid groups (broad SMARTS) is 1. The van der Waals surface area contributed by atoms with Crippen LogP contribution in [0, 0.1) is 6.92 Å². The van der Waals surface area contributed by atoms with Gasteiger partial charge in [-0.05, 0) is 30.7 Å². The van der Waals surface area contributed by atoms with E-state index in [9.17, 15) is 4.79 Å². The molecule has 0 amide bonds. The zero-order valence-corrected chi connectivity index (χ0v) is 12.6. The molecular formula is C14H15ClN2O2S. The fourth-order valence-corrected chi connectivity index (χ4v) is 2.97. The van der Waals surface area contributed by atoms with Gasteiger partial charge in [0.1, 0.15) is 0 Å². The molecule has 0 saturated carbocycles. The molecule has 0 saturated heterocycles. The minimum Gasteiger partial charge on any atom is -0.480 e. The number of carbonyl (C=O) groups is 1. The van der Waals surface area contributed by atoms with Gasteiger partial charge in [-0.3, -0.25) is 14.7 Å². The molecule has 2 rings (SSSR count). The molecule has 0 unspecified atom stereocenters. The van der Waals surface area contributed by atoms with Gasteiger partial charge in [-0.2, -0.15) is 0 Å². The third kappa shape index (κ3) is 4.59. The van der Waals surface area contributed by atoms with Crippen molar-refractivity contribution in [1.82, 2.24) is 9.88 Å². The van der Waals surface area contributed by atoms with Gasteiger partial charge in [0.25, 0.3) is 0 Å². The van der Waals surface area contributed by atoms with Crippen LogP contribution in [0.2, 0.25) is 4.34 Å². The number of aliphatic carboxylic acids is 1. The van der Waals surface area contributed by atoms with E-state index in [-0.39, 0.29) is 6.54 Å². The number of aryl methyl sites for hydroxylation is 1. The Morgan fingerprint density at radius 1 is 1.35 bits per heavy atom. The van der Waals surface area contributed by atoms with Gasteiger partial charge in [0.2, 0.25) is 0 Å². The highest BCUT2D eigenvalue weighted by Crippen LogP contribution is 2.23. The lowest BCUT2D eigenvalue weighted by Crippen LogP contribution is -2.29. The fraction of sp³-hybridized carbons (Fsp3) is 0.286. The Labute approximate surface area is 126 Å². The van der Waals surface area contributed by atoms with E-state index in [0.717, 1.165) is 16.1 Å². The first kappa shape index (κ1) is 15.0. The normalized spacial score (nSPS) is 10.9. The maximum absolute atomic E-state index is 11.0. The summed E-state index contributed by atoms with van der Waals surface area (Å²) in [6, 6.07) is 7.64. The highest BCUT2D eigenvalue weighted by Gasteiger charge is 2.13. The average molecular weight is 311 g/mol. The van der Waals surface area contributed by atoms with E-state index in [4.69, 9.17) is 16.7 Å². The average Bonchev–Trinajstić information content (AvgIpc) is 2.77. The highest BCUT2D eigenvalue weighted by molar-refractivity contribution is 7.16. The summed E-state index contributed by atoms with van der Waals surface area (Å²) < 4.78 is 0.712. The lowest BCUT2D eigenvalue weighted by atomic mass is 10.2. The first-order valence-electron chi connectivity index (χ1n) is 6.13. The fourth-order valence-electron chi connectivity index (χ4n) is 1.84. The van der Waals surface area contributed by atoms with E-state index in [1.165, 1.54) is 11.3 Å². The number of rotatable bonds is 6. The van der Waals surface area contributed by atoms with E-state index in [1.54, 1.807) is 6.20 Å². The Morgan fingerprint density at radius 3 is 2.70 bits per heavy atom. The third-order valence-electron chi connectivity index (χ3n) is 2.73. The molecule has 20 heavy (non-hydrogen) atoms. The summed E-state index contributed by atoms with van der Waals surface area (Å²) in [5, 5.41) is 9.00. The number of halogens is 1. The number of aromatic nitrogens is 1. The SMILES string of the molecule is Cc1ccc(CN(CC(=O)O)Cc2ccc(Cl)s2)nc1. The van der Waals surface area contributed by atoms with Gasteiger partial charge < -0.3 is 5.11 Å². The summed E-state index contributed by atoms with van der Waals surface area (Å²) in [6.07, 6.45) is 1.79. The standard InChI is InChI=1S/C14H15ClN2O2S/c1-10-2-3-11(16-6-10)7-17(9-14(18)19)8-12-4-5-13(15)20-12/h2-6H,7-9H2,1H3,(H,18,19). The van der Waals surface area contributed by atoms with Gasteiger partial charge in [0.05, 0.1) is 16.6 Å². The molecule has 1 N–H and O–H groups in total. The lowest BCUT2D eigenvalue weighted by molar-refractivity contribution is -0.138. The van der Waals surface area contributed by atoms with Crippen molar-refractivity contribution in [2.75, 3.05) is 6.54 Å². The summed E-state index contributed by atoms with van der Waals surface area (Å²) in [6.45, 7) is 3.01. The highest BCUT2D eigenvalue weighted by atomic mass is 35.5. The molecule has 0 aliphatic carbocycles. The summed E-state index contributed by atoms with van der Waals surface area (Å²) in [5.41, 5.74) is 1.95. The smallest absolute Gasteiger partial charge is 0.317 e. The van der Waals surface area contributed by atoms with Gasteiger partial charge in [0, 0.05) is 24.2 Å². The number of pyridine rings is 1. The van der Waals surface area contributed by atoms with E-state index in [0.29, 0.717) is 17.4 Å². The molecule has 4 nitrogen and oxygen atoms in total. The lowest BCUT2D eigenvalue weighted by Gasteiger charge is -2.19. The predicted molar refractivity (Wildman–Crippen MR) is 80.1 cm³/mol. The number of nitrogens with zero attached hydrogens (tertiary/aromatic N) is 2. The largest absolute Gasteiger partial charge is 0.480 e. The van der Waals surface area contributed by atoms with Crippen LogP contribution in [-0.4, -0.2) is 27.5 Å². The van der Waals surface area contributed by atoms with Crippen molar-refractivity contribution in [3.8, 4) is 0 Å². The Morgan fingerprint density at radius 2 is 2.15 bits per heavy atom. The molecule has 0 fully saturated rings. The summed E-state index contributed by atoms with van der Waals surface area (Å²) >= 11 is 7.37. The van der Waals surface area contributed by atoms with Gasteiger partial charge >= 0.3 is 5.97 Å². The van der Waals surface area contributed by atoms with Crippen LogP contribution in [0.15, 0.2) is 30.5 Å². The molecule has 2 aromatic rings. The van der Waals surface area contributed by atoms with E-state index in [2.05, 4.69) is 4.98 Å². The molecule has 0 aliphatic heterocycles. The van der Waals surface area contributed by atoms with Crippen molar-refractivity contribution in [3.05, 3.63) is 50.9 Å². The van der Waals surface area contributed by atoms with Crippen molar-refractivity contribution < 1.29 is 9.90 Å². The number of carboxylic acids is 1. The van der Waals surface area contributed by atoms with E-state index < -0.39 is 5.97 Å². The van der Waals surface area contributed by atoms with Crippen molar-refractivity contribution in [2.45, 2.75) is 20.0 Å². The van der Waals surface area contributed by atoms with Crippen LogP contribution in [0.1, 0.15) is 16.1 Å². The molecule has 2 heterocycles. The first-order valence-corrected chi connectivity index (χ1v) is 7.32. The summed E-state index contributed by atoms with van der Waals surface area (Å²) in [5.74, 6) is -0.847. The van der Waals surface area contributed by atoms with Gasteiger partial charge in [0.15, 0.2) is 0 Å². The number of hydrogen-bond donors (Lipinski definition) is 1. The second-order valence-electron chi connectivity index (χ2n) is 4.57. The monoisotopic (exact) mass is 310 g/mol. The topological polar surface area (TPSA) is 53.4 Å². The second kappa shape index (κ2) is 6.83. The van der Waals surface area contributed by atoms with E-state index >= 15 is 0 Å². The zero-order valence-electron chi connectivity index (χ0n) is 11.0. The molecular weight excluding hydrogens is 296 g/mol. The van der Waals surface area contributed by atoms with Crippen LogP contribution in [0.4, 0.5) is 0 Å². The molecule has 0 radical (unpaired) electrons. The van der Waals surface area contributed by atoms with Crippen molar-refractivity contribution in [3.63, 3.8) is 0 Å². The minimum absolute atomic E-state index is 0.0227. The molecule has 106 valence electrons. The summed E-state index contributed by atoms with van der Waals surface area (Å²) in [4.78, 5) is 18.2. The molecule has 0 aromatic carbocycles. The van der Waals surface area contributed by atoms with Crippen LogP contribution in [-0.2, 0) is 17.9 Å². The Kier molecular flexibility index (Phi) is 5.11. The molecule has 0 atom stereocenters. The van der Waals surface area contributed by atoms with Crippen LogP contribution in [0.25, 0.3) is 0 Å². The van der Waals surface area contributed by atoms with E-state index in [1.807, 2.05) is 36.1 Å². The Balaban J connectivity index is 2.06. The van der Waals surface area contributed by atoms with Gasteiger partial charge in [-0.1, -0.05) is 17.7 Å². The minimum atomic E-state index is -0.847. The molecule has 0 spiro atoms. The number of hydrogen-bond acceptors (Lipinski definition) is 4. The van der Waals surface area contributed by atoms with Crippen LogP contribution < -0.4 is 0 Å². The van der Waals surface area contributed by atoms with Gasteiger partial charge in [-0.15, -0.1) is 11.3 Å². The Hall–Kier alpha value is -1.43. The Bertz CT molecular complexity index is 583.